The van der Waals surface area contributed by atoms with Crippen LogP contribution in [0.15, 0.2) is 29.4 Å². The molecule has 1 aliphatic heterocycles. The summed E-state index contributed by atoms with van der Waals surface area (Å²) >= 11 is 0. The molecule has 2 N–H and O–H groups in total. The van der Waals surface area contributed by atoms with Crippen LogP contribution in [0.3, 0.4) is 0 Å². The fourth-order valence-electron chi connectivity index (χ4n) is 2.17. The highest BCUT2D eigenvalue weighted by Crippen LogP contribution is 2.33. The Morgan fingerprint density at radius 1 is 1.30 bits per heavy atom. The van der Waals surface area contributed by atoms with Crippen LogP contribution in [0, 0.1) is 0 Å². The summed E-state index contributed by atoms with van der Waals surface area (Å²) in [5.74, 6) is 0.934. The molecule has 102 valence electrons. The van der Waals surface area contributed by atoms with Gasteiger partial charge in [0.05, 0.1) is 17.6 Å². The van der Waals surface area contributed by atoms with E-state index in [1.165, 1.54) is 0 Å². The smallest absolute Gasteiger partial charge is 0.187 e. The average molecular weight is 270 g/mol. The molecule has 0 atom stereocenters. The fourth-order valence-corrected chi connectivity index (χ4v) is 2.17. The molecule has 2 heterocycles. The SMILES string of the molecule is Oc1ccc2c(c1)=CN(Nc1cnn(C3CC3)n1)CN=2. The van der Waals surface area contributed by atoms with Crippen molar-refractivity contribution in [2.45, 2.75) is 18.9 Å². The predicted molar refractivity (Wildman–Crippen MR) is 72.0 cm³/mol. The maximum absolute atomic E-state index is 9.51. The van der Waals surface area contributed by atoms with Gasteiger partial charge >= 0.3 is 0 Å². The van der Waals surface area contributed by atoms with E-state index in [9.17, 15) is 5.11 Å². The number of rotatable bonds is 3. The first-order chi connectivity index (χ1) is 9.78. The van der Waals surface area contributed by atoms with E-state index in [0.29, 0.717) is 18.5 Å². The highest BCUT2D eigenvalue weighted by molar-refractivity contribution is 5.36. The molecule has 1 saturated carbocycles. The molecule has 2 aliphatic rings. The summed E-state index contributed by atoms with van der Waals surface area (Å²) in [7, 11) is 0. The molecule has 0 saturated heterocycles. The van der Waals surface area contributed by atoms with Crippen molar-refractivity contribution in [2.24, 2.45) is 4.99 Å². The molecule has 1 fully saturated rings. The molecule has 4 rings (SSSR count). The summed E-state index contributed by atoms with van der Waals surface area (Å²) < 4.78 is 0. The molecule has 7 heteroatoms. The zero-order valence-electron chi connectivity index (χ0n) is 10.8. The van der Waals surface area contributed by atoms with Gasteiger partial charge < -0.3 is 5.11 Å². The van der Waals surface area contributed by atoms with Crippen molar-refractivity contribution < 1.29 is 5.11 Å². The van der Waals surface area contributed by atoms with Crippen molar-refractivity contribution in [2.75, 3.05) is 12.1 Å². The zero-order chi connectivity index (χ0) is 13.5. The Hall–Kier alpha value is -2.57. The highest BCUT2D eigenvalue weighted by Gasteiger charge is 2.25. The Bertz CT molecular complexity index is 763. The van der Waals surface area contributed by atoms with E-state index in [2.05, 4.69) is 20.6 Å². The number of phenols is 1. The maximum Gasteiger partial charge on any atom is 0.187 e. The van der Waals surface area contributed by atoms with Crippen molar-refractivity contribution in [1.82, 2.24) is 20.0 Å². The van der Waals surface area contributed by atoms with Gasteiger partial charge in [-0.15, -0.1) is 5.10 Å². The van der Waals surface area contributed by atoms with Crippen LogP contribution in [0.2, 0.25) is 0 Å². The number of benzene rings is 1. The molecule has 0 spiro atoms. The number of hydrogen-bond donors (Lipinski definition) is 2. The third-order valence-corrected chi connectivity index (χ3v) is 3.34. The standard InChI is InChI=1S/C13H14N6O/c20-11-3-4-12-9(5-11)7-18(8-14-12)16-13-6-15-19(17-13)10-1-2-10/h3-7,10,20H,1-2,8H2,(H,16,17). The maximum atomic E-state index is 9.51. The first-order valence-corrected chi connectivity index (χ1v) is 6.58. The second kappa shape index (κ2) is 4.22. The minimum absolute atomic E-state index is 0.233. The van der Waals surface area contributed by atoms with E-state index in [0.717, 1.165) is 23.4 Å². The van der Waals surface area contributed by atoms with Gasteiger partial charge in [0.2, 0.25) is 0 Å². The number of nitrogens with zero attached hydrogens (tertiary/aromatic N) is 5. The molecule has 1 aromatic carbocycles. The van der Waals surface area contributed by atoms with E-state index in [-0.39, 0.29) is 5.75 Å². The van der Waals surface area contributed by atoms with Crippen LogP contribution in [0.25, 0.3) is 6.20 Å². The number of phenolic OH excluding ortho intramolecular Hbond substituents is 1. The number of fused-ring (bicyclic) bond motifs is 1. The van der Waals surface area contributed by atoms with Crippen LogP contribution < -0.4 is 16.0 Å². The molecule has 2 aromatic rings. The molecular weight excluding hydrogens is 256 g/mol. The van der Waals surface area contributed by atoms with Crippen LogP contribution in [-0.2, 0) is 0 Å². The summed E-state index contributed by atoms with van der Waals surface area (Å²) in [5.41, 5.74) is 3.15. The number of nitrogens with one attached hydrogen (secondary N) is 1. The Labute approximate surface area is 114 Å². The Balaban J connectivity index is 1.57. The molecule has 1 aliphatic carbocycles. The first kappa shape index (κ1) is 11.3. The second-order valence-electron chi connectivity index (χ2n) is 5.03. The molecule has 0 radical (unpaired) electrons. The van der Waals surface area contributed by atoms with Gasteiger partial charge in [0.25, 0.3) is 0 Å². The third kappa shape index (κ3) is 2.07. The molecule has 0 bridgehead atoms. The number of hydrazine groups is 1. The zero-order valence-corrected chi connectivity index (χ0v) is 10.8. The second-order valence-corrected chi connectivity index (χ2v) is 5.03. The Morgan fingerprint density at radius 3 is 3.05 bits per heavy atom. The third-order valence-electron chi connectivity index (χ3n) is 3.34. The van der Waals surface area contributed by atoms with Gasteiger partial charge in [-0.2, -0.15) is 9.90 Å². The van der Waals surface area contributed by atoms with E-state index < -0.39 is 0 Å². The summed E-state index contributed by atoms with van der Waals surface area (Å²) in [5, 5.41) is 21.7. The number of hydrogen-bond acceptors (Lipinski definition) is 6. The summed E-state index contributed by atoms with van der Waals surface area (Å²) in [4.78, 5) is 6.19. The summed E-state index contributed by atoms with van der Waals surface area (Å²) in [6, 6.07) is 5.61. The van der Waals surface area contributed by atoms with Gasteiger partial charge in [0, 0.05) is 11.4 Å². The van der Waals surface area contributed by atoms with E-state index >= 15 is 0 Å². The van der Waals surface area contributed by atoms with E-state index in [1.807, 2.05) is 17.3 Å². The molecule has 7 nitrogen and oxygen atoms in total. The average Bonchev–Trinajstić information content (AvgIpc) is 3.19. The number of anilines is 1. The molecule has 0 unspecified atom stereocenters. The lowest BCUT2D eigenvalue weighted by Crippen LogP contribution is -2.38. The lowest BCUT2D eigenvalue weighted by molar-refractivity contribution is 0.468. The monoisotopic (exact) mass is 270 g/mol. The van der Waals surface area contributed by atoms with E-state index in [1.54, 1.807) is 23.1 Å². The largest absolute Gasteiger partial charge is 0.508 e. The minimum Gasteiger partial charge on any atom is -0.508 e. The summed E-state index contributed by atoms with van der Waals surface area (Å²) in [6.07, 6.45) is 5.93. The quantitative estimate of drug-likeness (QED) is 0.819. The van der Waals surface area contributed by atoms with Crippen LogP contribution >= 0.6 is 0 Å². The number of aromatic hydroxyl groups is 1. The molecule has 20 heavy (non-hydrogen) atoms. The van der Waals surface area contributed by atoms with Crippen molar-refractivity contribution >= 4 is 12.0 Å². The molecule has 0 amide bonds. The van der Waals surface area contributed by atoms with Gasteiger partial charge in [-0.05, 0) is 31.0 Å². The first-order valence-electron chi connectivity index (χ1n) is 6.58. The lowest BCUT2D eigenvalue weighted by Gasteiger charge is -2.20. The van der Waals surface area contributed by atoms with Crippen molar-refractivity contribution in [3.8, 4) is 5.75 Å². The fraction of sp³-hybridized carbons (Fsp3) is 0.308. The Morgan fingerprint density at radius 2 is 2.20 bits per heavy atom. The van der Waals surface area contributed by atoms with Crippen molar-refractivity contribution in [3.63, 3.8) is 0 Å². The van der Waals surface area contributed by atoms with Gasteiger partial charge in [-0.1, -0.05) is 0 Å². The van der Waals surface area contributed by atoms with Gasteiger partial charge in [0.15, 0.2) is 5.82 Å². The van der Waals surface area contributed by atoms with Crippen molar-refractivity contribution in [3.05, 3.63) is 35.0 Å². The lowest BCUT2D eigenvalue weighted by atomic mass is 10.2. The van der Waals surface area contributed by atoms with Gasteiger partial charge in [-0.25, -0.2) is 0 Å². The van der Waals surface area contributed by atoms with E-state index in [4.69, 9.17) is 0 Å². The Kier molecular flexibility index (Phi) is 2.38. The van der Waals surface area contributed by atoms with Gasteiger partial charge in [0.1, 0.15) is 12.4 Å². The molecule has 1 aromatic heterocycles. The van der Waals surface area contributed by atoms with Crippen molar-refractivity contribution in [1.29, 1.82) is 0 Å². The number of aromatic nitrogens is 3. The minimum atomic E-state index is 0.233. The topological polar surface area (TPSA) is 78.6 Å². The predicted octanol–water partition coefficient (Wildman–Crippen LogP) is -0.0236. The normalized spacial score (nSPS) is 17.1. The van der Waals surface area contributed by atoms with Crippen LogP contribution in [0.5, 0.6) is 5.75 Å². The van der Waals surface area contributed by atoms with Gasteiger partial charge in [-0.3, -0.25) is 15.4 Å². The van der Waals surface area contributed by atoms with Crippen LogP contribution in [0.4, 0.5) is 5.82 Å². The molecular formula is C13H14N6O. The highest BCUT2D eigenvalue weighted by atomic mass is 16.3. The van der Waals surface area contributed by atoms with Crippen LogP contribution in [-0.4, -0.2) is 31.8 Å². The summed E-state index contributed by atoms with van der Waals surface area (Å²) in [6.45, 7) is 0.494. The van der Waals surface area contributed by atoms with Crippen LogP contribution in [0.1, 0.15) is 18.9 Å².